The quantitative estimate of drug-likeness (QED) is 0.801. The first-order valence-electron chi connectivity index (χ1n) is 6.11. The van der Waals surface area contributed by atoms with Crippen LogP contribution in [0.1, 0.15) is 15.9 Å². The van der Waals surface area contributed by atoms with Crippen molar-refractivity contribution in [2.24, 2.45) is 0 Å². The van der Waals surface area contributed by atoms with E-state index in [0.717, 1.165) is 11.6 Å². The number of aromatic hydroxyl groups is 2. The number of carbonyl (C=O) groups excluding carboxylic acids is 1. The Bertz CT molecular complexity index is 611. The van der Waals surface area contributed by atoms with Gasteiger partial charge in [-0.15, -0.1) is 0 Å². The topological polar surface area (TPSA) is 69.6 Å². The van der Waals surface area contributed by atoms with Crippen LogP contribution in [0.2, 0.25) is 0 Å². The fourth-order valence-corrected chi connectivity index (χ4v) is 1.77. The number of hydrogen-bond donors (Lipinski definition) is 3. The average molecular weight is 275 g/mol. The third-order valence-electron chi connectivity index (χ3n) is 2.83. The van der Waals surface area contributed by atoms with Gasteiger partial charge in [0.05, 0.1) is 5.56 Å². The van der Waals surface area contributed by atoms with E-state index in [0.29, 0.717) is 13.0 Å². The standard InChI is InChI=1S/C15H14FNO3/c16-14-9-12(19)5-6-13(14)15(20)17-8-7-10-1-3-11(18)4-2-10/h1-6,9,18-19H,7-8H2,(H,17,20). The van der Waals surface area contributed by atoms with Crippen LogP contribution in [0.4, 0.5) is 4.39 Å². The second-order valence-corrected chi connectivity index (χ2v) is 4.34. The number of phenolic OH excluding ortho intramolecular Hbond substituents is 2. The van der Waals surface area contributed by atoms with E-state index in [9.17, 15) is 9.18 Å². The molecule has 0 saturated carbocycles. The number of amides is 1. The van der Waals surface area contributed by atoms with E-state index in [2.05, 4.69) is 5.32 Å². The van der Waals surface area contributed by atoms with Crippen LogP contribution < -0.4 is 5.32 Å². The molecule has 2 aromatic carbocycles. The van der Waals surface area contributed by atoms with Crippen molar-refractivity contribution in [2.45, 2.75) is 6.42 Å². The molecule has 0 heterocycles. The second kappa shape index (κ2) is 6.06. The van der Waals surface area contributed by atoms with E-state index in [1.165, 1.54) is 12.1 Å². The van der Waals surface area contributed by atoms with Crippen molar-refractivity contribution >= 4 is 5.91 Å². The minimum atomic E-state index is -0.757. The van der Waals surface area contributed by atoms with Gasteiger partial charge in [-0.3, -0.25) is 4.79 Å². The van der Waals surface area contributed by atoms with Crippen molar-refractivity contribution < 1.29 is 19.4 Å². The predicted octanol–water partition coefficient (Wildman–Crippen LogP) is 2.21. The van der Waals surface area contributed by atoms with Crippen molar-refractivity contribution in [3.05, 3.63) is 59.4 Å². The van der Waals surface area contributed by atoms with Gasteiger partial charge in [0, 0.05) is 12.6 Å². The number of hydrogen-bond acceptors (Lipinski definition) is 3. The number of halogens is 1. The Balaban J connectivity index is 1.90. The lowest BCUT2D eigenvalue weighted by Gasteiger charge is -2.06. The molecule has 0 saturated heterocycles. The molecule has 0 fully saturated rings. The minimum Gasteiger partial charge on any atom is -0.508 e. The molecule has 0 unspecified atom stereocenters. The van der Waals surface area contributed by atoms with E-state index < -0.39 is 11.7 Å². The molecule has 0 atom stereocenters. The lowest BCUT2D eigenvalue weighted by molar-refractivity contribution is 0.0950. The van der Waals surface area contributed by atoms with Crippen molar-refractivity contribution in [3.63, 3.8) is 0 Å². The Labute approximate surface area is 115 Å². The summed E-state index contributed by atoms with van der Waals surface area (Å²) in [6.07, 6.45) is 0.575. The molecule has 4 nitrogen and oxygen atoms in total. The maximum atomic E-state index is 13.4. The lowest BCUT2D eigenvalue weighted by Crippen LogP contribution is -2.26. The number of benzene rings is 2. The van der Waals surface area contributed by atoms with Crippen molar-refractivity contribution in [1.82, 2.24) is 5.32 Å². The summed E-state index contributed by atoms with van der Waals surface area (Å²) in [5, 5.41) is 20.8. The summed E-state index contributed by atoms with van der Waals surface area (Å²) in [6.45, 7) is 0.351. The van der Waals surface area contributed by atoms with Crippen LogP contribution >= 0.6 is 0 Å². The summed E-state index contributed by atoms with van der Waals surface area (Å²) < 4.78 is 13.4. The summed E-state index contributed by atoms with van der Waals surface area (Å²) in [6, 6.07) is 10.0. The molecule has 0 aliphatic rings. The molecule has 0 radical (unpaired) electrons. The van der Waals surface area contributed by atoms with Gasteiger partial charge >= 0.3 is 0 Å². The first-order chi connectivity index (χ1) is 9.56. The number of phenols is 2. The third-order valence-corrected chi connectivity index (χ3v) is 2.83. The summed E-state index contributed by atoms with van der Waals surface area (Å²) >= 11 is 0. The Hall–Kier alpha value is -2.56. The Morgan fingerprint density at radius 3 is 2.35 bits per heavy atom. The molecular weight excluding hydrogens is 261 g/mol. The number of rotatable bonds is 4. The van der Waals surface area contributed by atoms with Gasteiger partial charge < -0.3 is 15.5 Å². The normalized spacial score (nSPS) is 10.2. The molecular formula is C15H14FNO3. The fraction of sp³-hybridized carbons (Fsp3) is 0.133. The van der Waals surface area contributed by atoms with Crippen LogP contribution in [0, 0.1) is 5.82 Å². The minimum absolute atomic E-state index is 0.103. The highest BCUT2D eigenvalue weighted by molar-refractivity contribution is 5.94. The van der Waals surface area contributed by atoms with Gasteiger partial charge in [0.15, 0.2) is 0 Å². The molecule has 0 spiro atoms. The van der Waals surface area contributed by atoms with E-state index >= 15 is 0 Å². The van der Waals surface area contributed by atoms with E-state index in [-0.39, 0.29) is 17.1 Å². The molecule has 1 amide bonds. The van der Waals surface area contributed by atoms with Gasteiger partial charge in [-0.2, -0.15) is 0 Å². The zero-order chi connectivity index (χ0) is 14.5. The van der Waals surface area contributed by atoms with Gasteiger partial charge in [-0.05, 0) is 36.2 Å². The summed E-state index contributed by atoms with van der Waals surface area (Å²) in [7, 11) is 0. The molecule has 20 heavy (non-hydrogen) atoms. The third kappa shape index (κ3) is 3.47. The second-order valence-electron chi connectivity index (χ2n) is 4.34. The fourth-order valence-electron chi connectivity index (χ4n) is 1.77. The summed E-state index contributed by atoms with van der Waals surface area (Å²) in [5.74, 6) is -1.32. The zero-order valence-corrected chi connectivity index (χ0v) is 10.6. The molecule has 5 heteroatoms. The van der Waals surface area contributed by atoms with E-state index in [1.54, 1.807) is 24.3 Å². The predicted molar refractivity (Wildman–Crippen MR) is 72.2 cm³/mol. The van der Waals surface area contributed by atoms with Crippen LogP contribution in [0.3, 0.4) is 0 Å². The van der Waals surface area contributed by atoms with Crippen molar-refractivity contribution in [3.8, 4) is 11.5 Å². The summed E-state index contributed by atoms with van der Waals surface area (Å²) in [5.41, 5.74) is 0.850. The highest BCUT2D eigenvalue weighted by Gasteiger charge is 2.11. The van der Waals surface area contributed by atoms with Crippen LogP contribution in [-0.4, -0.2) is 22.7 Å². The smallest absolute Gasteiger partial charge is 0.254 e. The molecule has 3 N–H and O–H groups in total. The average Bonchev–Trinajstić information content (AvgIpc) is 2.41. The Kier molecular flexibility index (Phi) is 4.20. The molecule has 2 aromatic rings. The molecule has 0 aromatic heterocycles. The maximum Gasteiger partial charge on any atom is 0.254 e. The van der Waals surface area contributed by atoms with Gasteiger partial charge in [-0.1, -0.05) is 12.1 Å². The lowest BCUT2D eigenvalue weighted by atomic mass is 10.1. The van der Waals surface area contributed by atoms with E-state index in [4.69, 9.17) is 10.2 Å². The molecule has 0 aliphatic heterocycles. The monoisotopic (exact) mass is 275 g/mol. The van der Waals surface area contributed by atoms with Crippen LogP contribution in [0.5, 0.6) is 11.5 Å². The molecule has 0 aliphatic carbocycles. The Morgan fingerprint density at radius 1 is 1.05 bits per heavy atom. The first kappa shape index (κ1) is 13.9. The molecule has 0 bridgehead atoms. The van der Waals surface area contributed by atoms with Crippen LogP contribution in [-0.2, 0) is 6.42 Å². The zero-order valence-electron chi connectivity index (χ0n) is 10.6. The SMILES string of the molecule is O=C(NCCc1ccc(O)cc1)c1ccc(O)cc1F. The summed E-state index contributed by atoms with van der Waals surface area (Å²) in [4.78, 5) is 11.7. The van der Waals surface area contributed by atoms with Gasteiger partial charge in [-0.25, -0.2) is 4.39 Å². The van der Waals surface area contributed by atoms with E-state index in [1.807, 2.05) is 0 Å². The maximum absolute atomic E-state index is 13.4. The number of nitrogens with one attached hydrogen (secondary N) is 1. The highest BCUT2D eigenvalue weighted by Crippen LogP contribution is 2.15. The largest absolute Gasteiger partial charge is 0.508 e. The van der Waals surface area contributed by atoms with Crippen molar-refractivity contribution in [2.75, 3.05) is 6.54 Å². The van der Waals surface area contributed by atoms with Crippen molar-refractivity contribution in [1.29, 1.82) is 0 Å². The Morgan fingerprint density at radius 2 is 1.70 bits per heavy atom. The van der Waals surface area contributed by atoms with Crippen LogP contribution in [0.25, 0.3) is 0 Å². The first-order valence-corrected chi connectivity index (χ1v) is 6.11. The number of carbonyl (C=O) groups is 1. The van der Waals surface area contributed by atoms with Gasteiger partial charge in [0.1, 0.15) is 17.3 Å². The van der Waals surface area contributed by atoms with Gasteiger partial charge in [0.25, 0.3) is 5.91 Å². The highest BCUT2D eigenvalue weighted by atomic mass is 19.1. The van der Waals surface area contributed by atoms with Crippen LogP contribution in [0.15, 0.2) is 42.5 Å². The molecule has 104 valence electrons. The molecule has 2 rings (SSSR count). The van der Waals surface area contributed by atoms with Gasteiger partial charge in [0.2, 0.25) is 0 Å².